The van der Waals surface area contributed by atoms with E-state index >= 15 is 0 Å². The van der Waals surface area contributed by atoms with Gasteiger partial charge in [-0.25, -0.2) is 5.43 Å². The lowest BCUT2D eigenvalue weighted by molar-refractivity contribution is -0.880. The van der Waals surface area contributed by atoms with Gasteiger partial charge in [0.25, 0.3) is 5.91 Å². The predicted octanol–water partition coefficient (Wildman–Crippen LogP) is 0.948. The molecule has 1 fully saturated rings. The molecule has 0 aliphatic carbocycles. The van der Waals surface area contributed by atoms with Crippen molar-refractivity contribution in [2.45, 2.75) is 29.9 Å². The average molecular weight is 292 g/mol. The van der Waals surface area contributed by atoms with Crippen LogP contribution in [0.1, 0.15) is 19.8 Å². The van der Waals surface area contributed by atoms with Gasteiger partial charge in [0.05, 0.1) is 25.4 Å². The van der Waals surface area contributed by atoms with Gasteiger partial charge < -0.3 is 4.90 Å². The molecule has 20 heavy (non-hydrogen) atoms. The molecule has 1 amide bonds. The van der Waals surface area contributed by atoms with E-state index in [0.717, 1.165) is 36.5 Å². The van der Waals surface area contributed by atoms with Crippen LogP contribution < -0.4 is 10.3 Å². The Morgan fingerprint density at radius 3 is 2.60 bits per heavy atom. The van der Waals surface area contributed by atoms with Crippen LogP contribution in [0.4, 0.5) is 0 Å². The number of benzene rings is 1. The fraction of sp³-hybridized carbons (Fsp3) is 0.467. The summed E-state index contributed by atoms with van der Waals surface area (Å²) in [6, 6.07) is 9.96. The molecule has 0 radical (unpaired) electrons. The number of hydrazone groups is 1. The van der Waals surface area contributed by atoms with Gasteiger partial charge in [0.1, 0.15) is 0 Å². The smallest absolute Gasteiger partial charge is 0.253 e. The second-order valence-electron chi connectivity index (χ2n) is 5.18. The molecule has 0 aromatic heterocycles. The molecule has 4 nitrogen and oxygen atoms in total. The second kappa shape index (κ2) is 7.45. The third-order valence-electron chi connectivity index (χ3n) is 3.43. The van der Waals surface area contributed by atoms with Gasteiger partial charge in [-0.3, -0.25) is 4.79 Å². The Kier molecular flexibility index (Phi) is 5.61. The molecule has 1 aromatic carbocycles. The predicted molar refractivity (Wildman–Crippen MR) is 83.2 cm³/mol. The maximum atomic E-state index is 12.0. The van der Waals surface area contributed by atoms with E-state index in [-0.39, 0.29) is 11.2 Å². The quantitative estimate of drug-likeness (QED) is 0.641. The maximum Gasteiger partial charge on any atom is 0.253 e. The molecule has 1 saturated heterocycles. The number of hydrogen-bond donors (Lipinski definition) is 2. The van der Waals surface area contributed by atoms with E-state index in [1.807, 2.05) is 37.3 Å². The van der Waals surface area contributed by atoms with Crippen molar-refractivity contribution in [3.63, 3.8) is 0 Å². The first-order valence-electron chi connectivity index (χ1n) is 7.03. The lowest BCUT2D eigenvalue weighted by atomic mass is 10.1. The summed E-state index contributed by atoms with van der Waals surface area (Å²) in [5.41, 5.74) is 3.82. The van der Waals surface area contributed by atoms with Gasteiger partial charge in [0, 0.05) is 23.4 Å². The second-order valence-corrected chi connectivity index (χ2v) is 6.60. The number of piperidine rings is 1. The van der Waals surface area contributed by atoms with Crippen LogP contribution in [0.15, 0.2) is 40.3 Å². The lowest BCUT2D eigenvalue weighted by Gasteiger charge is -2.20. The van der Waals surface area contributed by atoms with E-state index in [1.54, 1.807) is 11.8 Å². The van der Waals surface area contributed by atoms with E-state index in [9.17, 15) is 4.79 Å². The number of quaternary nitrogens is 1. The summed E-state index contributed by atoms with van der Waals surface area (Å²) in [5.74, 6) is -0.0300. The summed E-state index contributed by atoms with van der Waals surface area (Å²) >= 11 is 1.55. The number of amides is 1. The summed E-state index contributed by atoms with van der Waals surface area (Å²) in [4.78, 5) is 14.6. The molecular formula is C15H22N3OS+. The van der Waals surface area contributed by atoms with Crippen LogP contribution in [-0.4, -0.2) is 37.0 Å². The highest BCUT2D eigenvalue weighted by Gasteiger charge is 2.17. The Hall–Kier alpha value is -1.33. The van der Waals surface area contributed by atoms with E-state index in [2.05, 4.69) is 17.6 Å². The number of hydrogen-bond acceptors (Lipinski definition) is 3. The number of thioether (sulfide) groups is 1. The molecule has 1 heterocycles. The topological polar surface area (TPSA) is 45.9 Å². The third-order valence-corrected chi connectivity index (χ3v) is 4.54. The molecule has 1 aliphatic heterocycles. The molecule has 108 valence electrons. The molecule has 2 N–H and O–H groups in total. The third kappa shape index (κ3) is 4.65. The van der Waals surface area contributed by atoms with E-state index < -0.39 is 0 Å². The zero-order valence-corrected chi connectivity index (χ0v) is 12.9. The zero-order chi connectivity index (χ0) is 14.4. The van der Waals surface area contributed by atoms with E-state index in [0.29, 0.717) is 0 Å². The average Bonchev–Trinajstić information content (AvgIpc) is 2.47. The Labute approximate surface area is 124 Å². The Morgan fingerprint density at radius 1 is 1.30 bits per heavy atom. The van der Waals surface area contributed by atoms with Crippen molar-refractivity contribution in [2.24, 2.45) is 5.10 Å². The number of carbonyl (C=O) groups is 1. The van der Waals surface area contributed by atoms with Crippen LogP contribution in [0.5, 0.6) is 0 Å². The Morgan fingerprint density at radius 2 is 1.95 bits per heavy atom. The normalized spacial score (nSPS) is 20.3. The number of nitrogens with one attached hydrogen (secondary N) is 2. The number of rotatable bonds is 4. The van der Waals surface area contributed by atoms with Gasteiger partial charge in [-0.15, -0.1) is 11.8 Å². The van der Waals surface area contributed by atoms with Gasteiger partial charge >= 0.3 is 0 Å². The highest BCUT2D eigenvalue weighted by Crippen LogP contribution is 2.22. The SMILES string of the molecule is C[C@@H](Sc1ccccc1)C(=O)NN=C1CC[NH+](C)CC1. The van der Waals surface area contributed by atoms with Crippen molar-refractivity contribution < 1.29 is 9.69 Å². The van der Waals surface area contributed by atoms with Crippen LogP contribution in [0, 0.1) is 0 Å². The molecular weight excluding hydrogens is 270 g/mol. The van der Waals surface area contributed by atoms with E-state index in [1.165, 1.54) is 4.90 Å². The maximum absolute atomic E-state index is 12.0. The van der Waals surface area contributed by atoms with Crippen LogP contribution in [0.3, 0.4) is 0 Å². The van der Waals surface area contributed by atoms with Crippen LogP contribution in [0.25, 0.3) is 0 Å². The van der Waals surface area contributed by atoms with E-state index in [4.69, 9.17) is 0 Å². The first-order valence-corrected chi connectivity index (χ1v) is 7.91. The first-order chi connectivity index (χ1) is 9.65. The summed E-state index contributed by atoms with van der Waals surface area (Å²) in [6.07, 6.45) is 1.96. The molecule has 2 rings (SSSR count). The van der Waals surface area contributed by atoms with Crippen molar-refractivity contribution >= 4 is 23.4 Å². The van der Waals surface area contributed by atoms with Crippen LogP contribution in [-0.2, 0) is 4.79 Å². The van der Waals surface area contributed by atoms with Gasteiger partial charge in [-0.1, -0.05) is 18.2 Å². The minimum Gasteiger partial charge on any atom is -0.337 e. The summed E-state index contributed by atoms with van der Waals surface area (Å²) < 4.78 is 0. The summed E-state index contributed by atoms with van der Waals surface area (Å²) in [7, 11) is 2.19. The molecule has 1 aromatic rings. The molecule has 0 spiro atoms. The molecule has 0 bridgehead atoms. The molecule has 1 aliphatic rings. The van der Waals surface area contributed by atoms with Crippen molar-refractivity contribution in [3.05, 3.63) is 30.3 Å². The highest BCUT2D eigenvalue weighted by molar-refractivity contribution is 8.00. The Balaban J connectivity index is 1.81. The zero-order valence-electron chi connectivity index (χ0n) is 12.1. The monoisotopic (exact) mass is 292 g/mol. The molecule has 0 unspecified atom stereocenters. The van der Waals surface area contributed by atoms with Crippen molar-refractivity contribution in [1.82, 2.24) is 5.43 Å². The Bertz CT molecular complexity index is 465. The lowest BCUT2D eigenvalue weighted by Crippen LogP contribution is -3.10. The molecule has 5 heteroatoms. The van der Waals surface area contributed by atoms with Gasteiger partial charge in [-0.05, 0) is 19.1 Å². The van der Waals surface area contributed by atoms with Crippen molar-refractivity contribution in [1.29, 1.82) is 0 Å². The summed E-state index contributed by atoms with van der Waals surface area (Å²) in [5, 5.41) is 4.13. The van der Waals surface area contributed by atoms with Gasteiger partial charge in [0.2, 0.25) is 0 Å². The van der Waals surface area contributed by atoms with Gasteiger partial charge in [-0.2, -0.15) is 5.10 Å². The minimum atomic E-state index is -0.140. The minimum absolute atomic E-state index is 0.0300. The fourth-order valence-corrected chi connectivity index (χ4v) is 2.94. The van der Waals surface area contributed by atoms with Crippen LogP contribution >= 0.6 is 11.8 Å². The van der Waals surface area contributed by atoms with Crippen LogP contribution in [0.2, 0.25) is 0 Å². The molecule has 0 saturated carbocycles. The van der Waals surface area contributed by atoms with Gasteiger partial charge in [0.15, 0.2) is 0 Å². The summed E-state index contributed by atoms with van der Waals surface area (Å²) in [6.45, 7) is 4.11. The largest absolute Gasteiger partial charge is 0.337 e. The van der Waals surface area contributed by atoms with Crippen molar-refractivity contribution in [2.75, 3.05) is 20.1 Å². The number of nitrogens with zero attached hydrogens (tertiary/aromatic N) is 1. The standard InChI is InChI=1S/C15H21N3OS/c1-12(20-14-6-4-3-5-7-14)15(19)17-16-13-8-10-18(2)11-9-13/h3-7,12H,8-11H2,1-2H3,(H,17,19)/p+1/t12-/m1/s1. The van der Waals surface area contributed by atoms with Crippen molar-refractivity contribution in [3.8, 4) is 0 Å². The molecule has 1 atom stereocenters. The highest BCUT2D eigenvalue weighted by atomic mass is 32.2. The number of likely N-dealkylation sites (tertiary alicyclic amines) is 1. The fourth-order valence-electron chi connectivity index (χ4n) is 2.06. The number of carbonyl (C=O) groups excluding carboxylic acids is 1. The first kappa shape index (κ1) is 15.1.